The molecule has 20 heavy (non-hydrogen) atoms. The van der Waals surface area contributed by atoms with Crippen LogP contribution in [0.3, 0.4) is 0 Å². The van der Waals surface area contributed by atoms with Gasteiger partial charge >= 0.3 is 0 Å². The molecule has 0 spiro atoms. The van der Waals surface area contributed by atoms with Gasteiger partial charge in [0.2, 0.25) is 0 Å². The molecule has 0 saturated carbocycles. The summed E-state index contributed by atoms with van der Waals surface area (Å²) in [6, 6.07) is 2.70. The monoisotopic (exact) mass is 280 g/mol. The molecule has 1 aliphatic heterocycles. The zero-order chi connectivity index (χ0) is 14.1. The highest BCUT2D eigenvalue weighted by molar-refractivity contribution is 5.36. The van der Waals surface area contributed by atoms with Gasteiger partial charge in [0.25, 0.3) is 0 Å². The van der Waals surface area contributed by atoms with Gasteiger partial charge in [-0.3, -0.25) is 0 Å². The first-order valence-electron chi connectivity index (χ1n) is 7.78. The van der Waals surface area contributed by atoms with Gasteiger partial charge in [0.1, 0.15) is 0 Å². The van der Waals surface area contributed by atoms with Gasteiger partial charge in [0.15, 0.2) is 11.6 Å². The molecule has 0 bridgehead atoms. The molecule has 1 heterocycles. The average molecular weight is 280 g/mol. The number of unbranched alkanes of at least 4 members (excludes halogenated alkanes) is 2. The van der Waals surface area contributed by atoms with Gasteiger partial charge < -0.3 is 4.74 Å². The third-order valence-corrected chi connectivity index (χ3v) is 4.76. The van der Waals surface area contributed by atoms with Crippen molar-refractivity contribution in [1.29, 1.82) is 0 Å². The van der Waals surface area contributed by atoms with Gasteiger partial charge in [-0.1, -0.05) is 26.2 Å². The molecule has 1 aromatic carbocycles. The lowest BCUT2D eigenvalue weighted by Gasteiger charge is -2.32. The van der Waals surface area contributed by atoms with Crippen molar-refractivity contribution >= 4 is 0 Å². The van der Waals surface area contributed by atoms with Crippen molar-refractivity contribution in [3.63, 3.8) is 0 Å². The Kier molecular flexibility index (Phi) is 4.06. The Labute approximate surface area is 119 Å². The van der Waals surface area contributed by atoms with Gasteiger partial charge in [-0.15, -0.1) is 0 Å². The first-order valence-corrected chi connectivity index (χ1v) is 7.78. The van der Waals surface area contributed by atoms with Gasteiger partial charge in [0.05, 0.1) is 12.7 Å². The predicted molar refractivity (Wildman–Crippen MR) is 74.5 cm³/mol. The smallest absolute Gasteiger partial charge is 0.159 e. The average Bonchev–Trinajstić information content (AvgIpc) is 2.76. The highest BCUT2D eigenvalue weighted by atomic mass is 19.2. The molecular weight excluding hydrogens is 258 g/mol. The lowest BCUT2D eigenvalue weighted by atomic mass is 9.85. The Hall–Kier alpha value is -0.960. The van der Waals surface area contributed by atoms with Crippen LogP contribution in [-0.2, 0) is 11.2 Å². The van der Waals surface area contributed by atoms with Crippen molar-refractivity contribution in [1.82, 2.24) is 0 Å². The highest BCUT2D eigenvalue weighted by Gasteiger charge is 2.39. The van der Waals surface area contributed by atoms with Gasteiger partial charge in [0, 0.05) is 0 Å². The summed E-state index contributed by atoms with van der Waals surface area (Å²) < 4.78 is 32.7. The van der Waals surface area contributed by atoms with Crippen LogP contribution in [0.25, 0.3) is 0 Å². The Balaban J connectivity index is 1.67. The van der Waals surface area contributed by atoms with Crippen molar-refractivity contribution in [2.24, 2.45) is 11.8 Å². The quantitative estimate of drug-likeness (QED) is 0.720. The number of ether oxygens (including phenoxy) is 1. The van der Waals surface area contributed by atoms with E-state index in [1.54, 1.807) is 0 Å². The number of hydrogen-bond acceptors (Lipinski definition) is 1. The van der Waals surface area contributed by atoms with Crippen molar-refractivity contribution < 1.29 is 13.5 Å². The van der Waals surface area contributed by atoms with Crippen molar-refractivity contribution in [3.8, 4) is 0 Å². The minimum Gasteiger partial charge on any atom is -0.373 e. The zero-order valence-corrected chi connectivity index (χ0v) is 12.0. The summed E-state index contributed by atoms with van der Waals surface area (Å²) in [5, 5.41) is 0. The Bertz CT molecular complexity index is 486. The molecule has 1 aliphatic carbocycles. The van der Waals surface area contributed by atoms with Crippen molar-refractivity contribution in [2.45, 2.75) is 51.6 Å². The third-order valence-electron chi connectivity index (χ3n) is 4.76. The molecular formula is C17H22F2O. The number of rotatable bonds is 4. The maximum absolute atomic E-state index is 13.4. The van der Waals surface area contributed by atoms with Crippen LogP contribution >= 0.6 is 0 Å². The fourth-order valence-corrected chi connectivity index (χ4v) is 3.74. The summed E-state index contributed by atoms with van der Waals surface area (Å²) >= 11 is 0. The predicted octanol–water partition coefficient (Wildman–Crippen LogP) is 4.80. The minimum atomic E-state index is -0.752. The standard InChI is InChI=1S/C17H22F2O/c1-2-3-4-5-11-6-13-7-12-8-15(18)16(19)9-14(12)17(13)20-10-11/h8-9,11,13,17H,2-7,10H2,1H3/t11-,13+,17+/m0/s1. The van der Waals surface area contributed by atoms with Crippen LogP contribution in [0.2, 0.25) is 0 Å². The maximum atomic E-state index is 13.4. The van der Waals surface area contributed by atoms with E-state index in [1.165, 1.54) is 37.8 Å². The van der Waals surface area contributed by atoms with E-state index >= 15 is 0 Å². The molecule has 0 amide bonds. The Morgan fingerprint density at radius 1 is 1.20 bits per heavy atom. The molecule has 1 saturated heterocycles. The van der Waals surface area contributed by atoms with E-state index in [2.05, 4.69) is 6.92 Å². The van der Waals surface area contributed by atoms with Crippen LogP contribution in [0.1, 0.15) is 56.3 Å². The molecule has 3 atom stereocenters. The molecule has 110 valence electrons. The second-order valence-electron chi connectivity index (χ2n) is 6.28. The summed E-state index contributed by atoms with van der Waals surface area (Å²) in [4.78, 5) is 0. The first-order chi connectivity index (χ1) is 9.69. The maximum Gasteiger partial charge on any atom is 0.159 e. The molecule has 0 N–H and O–H groups in total. The fourth-order valence-electron chi connectivity index (χ4n) is 3.74. The molecule has 1 aromatic rings. The summed E-state index contributed by atoms with van der Waals surface area (Å²) in [6.07, 6.45) is 6.95. The summed E-state index contributed by atoms with van der Waals surface area (Å²) in [7, 11) is 0. The number of benzene rings is 1. The second kappa shape index (κ2) is 5.80. The normalized spacial score (nSPS) is 28.2. The van der Waals surface area contributed by atoms with E-state index in [9.17, 15) is 8.78 Å². The summed E-state index contributed by atoms with van der Waals surface area (Å²) in [5.41, 5.74) is 1.81. The zero-order valence-electron chi connectivity index (χ0n) is 12.0. The number of hydrogen-bond donors (Lipinski definition) is 0. The largest absolute Gasteiger partial charge is 0.373 e. The van der Waals surface area contributed by atoms with Gasteiger partial charge in [-0.25, -0.2) is 8.78 Å². The van der Waals surface area contributed by atoms with Crippen LogP contribution in [0.5, 0.6) is 0 Å². The van der Waals surface area contributed by atoms with E-state index in [0.29, 0.717) is 11.8 Å². The lowest BCUT2D eigenvalue weighted by molar-refractivity contribution is -0.0521. The SMILES string of the molecule is CCCCC[C@@H]1CO[C@H]2c3cc(F)c(F)cc3C[C@H]2C1. The Morgan fingerprint density at radius 3 is 2.80 bits per heavy atom. The van der Waals surface area contributed by atoms with E-state index in [4.69, 9.17) is 4.74 Å². The Morgan fingerprint density at radius 2 is 2.00 bits per heavy atom. The molecule has 1 nitrogen and oxygen atoms in total. The second-order valence-corrected chi connectivity index (χ2v) is 6.28. The van der Waals surface area contributed by atoms with Crippen LogP contribution in [0, 0.1) is 23.5 Å². The topological polar surface area (TPSA) is 9.23 Å². The van der Waals surface area contributed by atoms with Crippen LogP contribution in [0.4, 0.5) is 8.78 Å². The highest BCUT2D eigenvalue weighted by Crippen LogP contribution is 2.46. The van der Waals surface area contributed by atoms with Gasteiger partial charge in [-0.2, -0.15) is 0 Å². The van der Waals surface area contributed by atoms with Gasteiger partial charge in [-0.05, 0) is 54.4 Å². The molecule has 0 aromatic heterocycles. The molecule has 3 rings (SSSR count). The van der Waals surface area contributed by atoms with Crippen LogP contribution < -0.4 is 0 Å². The van der Waals surface area contributed by atoms with Crippen molar-refractivity contribution in [3.05, 3.63) is 34.9 Å². The summed E-state index contributed by atoms with van der Waals surface area (Å²) in [5.74, 6) is -0.460. The van der Waals surface area contributed by atoms with E-state index in [-0.39, 0.29) is 6.10 Å². The van der Waals surface area contributed by atoms with Crippen LogP contribution in [0.15, 0.2) is 12.1 Å². The van der Waals surface area contributed by atoms with E-state index in [0.717, 1.165) is 30.6 Å². The number of fused-ring (bicyclic) bond motifs is 3. The molecule has 1 fully saturated rings. The first kappa shape index (κ1) is 14.0. The fraction of sp³-hybridized carbons (Fsp3) is 0.647. The molecule has 3 heteroatoms. The molecule has 0 unspecified atom stereocenters. The third kappa shape index (κ3) is 2.60. The van der Waals surface area contributed by atoms with Crippen LogP contribution in [-0.4, -0.2) is 6.61 Å². The van der Waals surface area contributed by atoms with Crippen molar-refractivity contribution in [2.75, 3.05) is 6.61 Å². The van der Waals surface area contributed by atoms with E-state index in [1.807, 2.05) is 0 Å². The number of halogens is 2. The minimum absolute atomic E-state index is 0.0116. The van der Waals surface area contributed by atoms with E-state index < -0.39 is 11.6 Å². The lowest BCUT2D eigenvalue weighted by Crippen LogP contribution is -2.26. The molecule has 0 radical (unpaired) electrons. The summed E-state index contributed by atoms with van der Waals surface area (Å²) in [6.45, 7) is 2.98. The molecule has 2 aliphatic rings.